The van der Waals surface area contributed by atoms with E-state index in [4.69, 9.17) is 9.51 Å². The number of imidazole rings is 1. The summed E-state index contributed by atoms with van der Waals surface area (Å²) < 4.78 is 7.68. The molecule has 6 heteroatoms. The molecule has 0 amide bonds. The number of anilines is 1. The second-order valence-corrected chi connectivity index (χ2v) is 7.85. The fourth-order valence-corrected chi connectivity index (χ4v) is 4.22. The van der Waals surface area contributed by atoms with Crippen molar-refractivity contribution in [3.05, 3.63) is 65.3 Å². The molecule has 0 unspecified atom stereocenters. The van der Waals surface area contributed by atoms with Crippen molar-refractivity contribution in [2.24, 2.45) is 0 Å². The summed E-state index contributed by atoms with van der Waals surface area (Å²) in [5.41, 5.74) is 7.32. The van der Waals surface area contributed by atoms with E-state index in [1.807, 2.05) is 26.8 Å². The average Bonchev–Trinajstić information content (AvgIpc) is 3.18. The Balaban J connectivity index is 1.72. The number of hydrogen-bond acceptors (Lipinski definition) is 5. The maximum Gasteiger partial charge on any atom is 0.141 e. The molecule has 0 bridgehead atoms. The number of fused-ring (bicyclic) bond motifs is 1. The molecular weight excluding hydrogens is 364 g/mol. The van der Waals surface area contributed by atoms with Crippen LogP contribution >= 0.6 is 0 Å². The standard InChI is InChI=1S/C23H24N4O2/c1-14-22(15(2)29-25-14)18-9-20(26-12-19(28)13-26)23-21(10-18)27(16(3)24-23)11-17-7-5-4-6-8-17/h4-10,19,28H,11-13H2,1-3H3. The van der Waals surface area contributed by atoms with E-state index in [0.29, 0.717) is 13.1 Å². The molecule has 1 aliphatic rings. The highest BCUT2D eigenvalue weighted by Gasteiger charge is 2.28. The van der Waals surface area contributed by atoms with Gasteiger partial charge in [-0.05, 0) is 44.0 Å². The number of aromatic nitrogens is 3. The maximum atomic E-state index is 9.86. The van der Waals surface area contributed by atoms with Crippen LogP contribution in [0.4, 0.5) is 5.69 Å². The molecule has 3 heterocycles. The lowest BCUT2D eigenvalue weighted by atomic mass is 10.0. The molecule has 1 N–H and O–H groups in total. The lowest BCUT2D eigenvalue weighted by molar-refractivity contribution is 0.142. The monoisotopic (exact) mass is 388 g/mol. The lowest BCUT2D eigenvalue weighted by Gasteiger charge is -2.38. The first-order valence-electron chi connectivity index (χ1n) is 9.92. The zero-order valence-corrected chi connectivity index (χ0v) is 16.9. The minimum atomic E-state index is -0.278. The summed E-state index contributed by atoms with van der Waals surface area (Å²) in [7, 11) is 0. The third-order valence-electron chi connectivity index (χ3n) is 5.73. The Morgan fingerprint density at radius 3 is 2.52 bits per heavy atom. The van der Waals surface area contributed by atoms with Crippen molar-refractivity contribution >= 4 is 16.7 Å². The Bertz CT molecular complexity index is 1170. The quantitative estimate of drug-likeness (QED) is 0.575. The van der Waals surface area contributed by atoms with Gasteiger partial charge in [-0.1, -0.05) is 35.5 Å². The van der Waals surface area contributed by atoms with Gasteiger partial charge in [-0.25, -0.2) is 4.98 Å². The van der Waals surface area contributed by atoms with Crippen molar-refractivity contribution in [2.75, 3.05) is 18.0 Å². The number of aliphatic hydroxyl groups excluding tert-OH is 1. The number of β-amino-alcohol motifs (C(OH)–C–C–N with tert-alkyl or cyclic N) is 1. The molecule has 1 fully saturated rings. The van der Waals surface area contributed by atoms with Gasteiger partial charge >= 0.3 is 0 Å². The van der Waals surface area contributed by atoms with E-state index in [1.54, 1.807) is 0 Å². The topological polar surface area (TPSA) is 67.3 Å². The van der Waals surface area contributed by atoms with Crippen molar-refractivity contribution in [3.63, 3.8) is 0 Å². The normalized spacial score (nSPS) is 14.6. The van der Waals surface area contributed by atoms with Crippen LogP contribution in [0.2, 0.25) is 0 Å². The summed E-state index contributed by atoms with van der Waals surface area (Å²) in [4.78, 5) is 7.09. The van der Waals surface area contributed by atoms with Gasteiger partial charge in [0.15, 0.2) is 0 Å². The van der Waals surface area contributed by atoms with Gasteiger partial charge in [0, 0.05) is 25.2 Å². The molecule has 2 aromatic heterocycles. The van der Waals surface area contributed by atoms with Crippen LogP contribution < -0.4 is 4.90 Å². The Morgan fingerprint density at radius 1 is 1.10 bits per heavy atom. The lowest BCUT2D eigenvalue weighted by Crippen LogP contribution is -2.50. The summed E-state index contributed by atoms with van der Waals surface area (Å²) >= 11 is 0. The second kappa shape index (κ2) is 6.74. The first-order valence-corrected chi connectivity index (χ1v) is 9.92. The first kappa shape index (κ1) is 17.9. The maximum absolute atomic E-state index is 9.86. The Morgan fingerprint density at radius 2 is 1.86 bits per heavy atom. The van der Waals surface area contributed by atoms with Crippen LogP contribution in [-0.4, -0.2) is 39.0 Å². The highest BCUT2D eigenvalue weighted by molar-refractivity contribution is 5.95. The number of hydrogen-bond donors (Lipinski definition) is 1. The van der Waals surface area contributed by atoms with Crippen molar-refractivity contribution in [3.8, 4) is 11.1 Å². The molecule has 2 aromatic carbocycles. The third kappa shape index (κ3) is 3.00. The minimum Gasteiger partial charge on any atom is -0.389 e. The fourth-order valence-electron chi connectivity index (χ4n) is 4.22. The van der Waals surface area contributed by atoms with E-state index in [0.717, 1.165) is 51.7 Å². The molecule has 1 aliphatic heterocycles. The zero-order valence-electron chi connectivity index (χ0n) is 16.9. The Hall–Kier alpha value is -3.12. The van der Waals surface area contributed by atoms with Gasteiger partial charge < -0.3 is 19.1 Å². The molecule has 0 atom stereocenters. The highest BCUT2D eigenvalue weighted by Crippen LogP contribution is 2.37. The molecule has 1 saturated heterocycles. The van der Waals surface area contributed by atoms with Crippen molar-refractivity contribution in [1.29, 1.82) is 0 Å². The molecule has 0 radical (unpaired) electrons. The Labute approximate surface area is 169 Å². The van der Waals surface area contributed by atoms with Crippen molar-refractivity contribution in [1.82, 2.24) is 14.7 Å². The Kier molecular flexibility index (Phi) is 4.17. The molecule has 29 heavy (non-hydrogen) atoms. The van der Waals surface area contributed by atoms with E-state index in [9.17, 15) is 5.11 Å². The highest BCUT2D eigenvalue weighted by atomic mass is 16.5. The van der Waals surface area contributed by atoms with Gasteiger partial charge in [0.25, 0.3) is 0 Å². The van der Waals surface area contributed by atoms with Gasteiger partial charge in [-0.3, -0.25) is 0 Å². The molecule has 0 spiro atoms. The van der Waals surface area contributed by atoms with Crippen LogP contribution in [0.1, 0.15) is 22.8 Å². The molecular formula is C23H24N4O2. The van der Waals surface area contributed by atoms with Crippen LogP contribution in [0.15, 0.2) is 47.0 Å². The van der Waals surface area contributed by atoms with Gasteiger partial charge in [-0.2, -0.15) is 0 Å². The first-order chi connectivity index (χ1) is 14.0. The van der Waals surface area contributed by atoms with Crippen LogP contribution in [-0.2, 0) is 6.54 Å². The van der Waals surface area contributed by atoms with Crippen LogP contribution in [0.25, 0.3) is 22.2 Å². The van der Waals surface area contributed by atoms with E-state index in [2.05, 4.69) is 51.0 Å². The van der Waals surface area contributed by atoms with E-state index < -0.39 is 0 Å². The molecule has 4 aromatic rings. The van der Waals surface area contributed by atoms with Crippen LogP contribution in [0, 0.1) is 20.8 Å². The number of benzene rings is 2. The molecule has 0 aliphatic carbocycles. The van der Waals surface area contributed by atoms with Crippen molar-refractivity contribution in [2.45, 2.75) is 33.4 Å². The number of nitrogens with zero attached hydrogens (tertiary/aromatic N) is 4. The summed E-state index contributed by atoms with van der Waals surface area (Å²) in [6, 6.07) is 14.8. The van der Waals surface area contributed by atoms with Gasteiger partial charge in [-0.15, -0.1) is 0 Å². The number of rotatable bonds is 4. The van der Waals surface area contributed by atoms with Crippen molar-refractivity contribution < 1.29 is 9.63 Å². The van der Waals surface area contributed by atoms with E-state index >= 15 is 0 Å². The van der Waals surface area contributed by atoms with Gasteiger partial charge in [0.2, 0.25) is 0 Å². The predicted molar refractivity (Wildman–Crippen MR) is 113 cm³/mol. The third-order valence-corrected chi connectivity index (χ3v) is 5.73. The second-order valence-electron chi connectivity index (χ2n) is 7.85. The SMILES string of the molecule is Cc1noc(C)c1-c1cc(N2CC(O)C2)c2nc(C)n(Cc3ccccc3)c2c1. The summed E-state index contributed by atoms with van der Waals surface area (Å²) in [5.74, 6) is 1.78. The van der Waals surface area contributed by atoms with E-state index in [-0.39, 0.29) is 6.10 Å². The largest absolute Gasteiger partial charge is 0.389 e. The molecule has 148 valence electrons. The molecule has 0 saturated carbocycles. The molecule has 6 nitrogen and oxygen atoms in total. The van der Waals surface area contributed by atoms with E-state index in [1.165, 1.54) is 5.56 Å². The summed E-state index contributed by atoms with van der Waals surface area (Å²) in [5, 5.41) is 14.0. The average molecular weight is 388 g/mol. The fraction of sp³-hybridized carbons (Fsp3) is 0.304. The smallest absolute Gasteiger partial charge is 0.141 e. The van der Waals surface area contributed by atoms with Gasteiger partial charge in [0.1, 0.15) is 17.1 Å². The summed E-state index contributed by atoms with van der Waals surface area (Å²) in [6.07, 6.45) is -0.278. The molecule has 5 rings (SSSR count). The van der Waals surface area contributed by atoms with Crippen LogP contribution in [0.5, 0.6) is 0 Å². The van der Waals surface area contributed by atoms with Crippen LogP contribution in [0.3, 0.4) is 0 Å². The predicted octanol–water partition coefficient (Wildman–Crippen LogP) is 3.85. The summed E-state index contributed by atoms with van der Waals surface area (Å²) in [6.45, 7) is 7.98. The number of aliphatic hydroxyl groups is 1. The zero-order chi connectivity index (χ0) is 20.1. The number of aryl methyl sites for hydroxylation is 3. The minimum absolute atomic E-state index is 0.278. The van der Waals surface area contributed by atoms with Gasteiger partial charge in [0.05, 0.1) is 23.0 Å².